The number of nitrogens with one attached hydrogen (secondary N) is 1. The van der Waals surface area contributed by atoms with Crippen LogP contribution in [0.2, 0.25) is 0 Å². The Kier molecular flexibility index (Phi) is 6.32. The number of amides is 2. The highest BCUT2D eigenvalue weighted by atomic mass is 16.2. The van der Waals surface area contributed by atoms with Crippen LogP contribution >= 0.6 is 0 Å². The van der Waals surface area contributed by atoms with Gasteiger partial charge in [0, 0.05) is 57.5 Å². The van der Waals surface area contributed by atoms with E-state index in [4.69, 9.17) is 0 Å². The number of likely N-dealkylation sites (tertiary alicyclic amines) is 1. The van der Waals surface area contributed by atoms with Crippen LogP contribution in [-0.2, 0) is 11.8 Å². The average Bonchev–Trinajstić information content (AvgIpc) is 3.64. The Morgan fingerprint density at radius 2 is 1.69 bits per heavy atom. The van der Waals surface area contributed by atoms with Crippen molar-refractivity contribution in [1.82, 2.24) is 14.7 Å². The van der Waals surface area contributed by atoms with Crippen LogP contribution in [0.15, 0.2) is 54.9 Å². The average molecular weight is 472 g/mol. The monoisotopic (exact) mass is 471 g/mol. The molecule has 35 heavy (non-hydrogen) atoms. The molecule has 1 saturated heterocycles. The van der Waals surface area contributed by atoms with Gasteiger partial charge in [-0.25, -0.2) is 0 Å². The molecule has 2 heterocycles. The van der Waals surface area contributed by atoms with Crippen molar-refractivity contribution in [3.8, 4) is 11.1 Å². The van der Waals surface area contributed by atoms with Crippen LogP contribution in [-0.4, -0.2) is 53.7 Å². The molecule has 0 atom stereocenters. The topological polar surface area (TPSA) is 70.5 Å². The predicted molar refractivity (Wildman–Crippen MR) is 139 cm³/mol. The van der Waals surface area contributed by atoms with Crippen molar-refractivity contribution < 1.29 is 9.59 Å². The molecule has 5 rings (SSSR count). The lowest BCUT2D eigenvalue weighted by Gasteiger charge is -2.32. The van der Waals surface area contributed by atoms with Crippen molar-refractivity contribution in [3.63, 3.8) is 0 Å². The minimum Gasteiger partial charge on any atom is -0.376 e. The van der Waals surface area contributed by atoms with E-state index < -0.39 is 0 Å². The number of nitrogens with zero attached hydrogens (tertiary/aromatic N) is 4. The maximum atomic E-state index is 13.3. The van der Waals surface area contributed by atoms with E-state index in [1.165, 1.54) is 11.1 Å². The van der Waals surface area contributed by atoms with Gasteiger partial charge in [-0.05, 0) is 60.9 Å². The Hall–Kier alpha value is -3.61. The number of anilines is 2. The molecule has 0 spiro atoms. The van der Waals surface area contributed by atoms with Gasteiger partial charge in [0.25, 0.3) is 5.91 Å². The number of aryl methyl sites for hydroxylation is 1. The summed E-state index contributed by atoms with van der Waals surface area (Å²) < 4.78 is 1.81. The Balaban J connectivity index is 1.23. The summed E-state index contributed by atoms with van der Waals surface area (Å²) in [6, 6.07) is 14.4. The predicted octanol–water partition coefficient (Wildman–Crippen LogP) is 4.52. The third-order valence-electron chi connectivity index (χ3n) is 7.13. The second kappa shape index (κ2) is 9.56. The van der Waals surface area contributed by atoms with Crippen LogP contribution in [0.25, 0.3) is 11.1 Å². The minimum absolute atomic E-state index is 0.0302. The Morgan fingerprint density at radius 1 is 0.971 bits per heavy atom. The van der Waals surface area contributed by atoms with Gasteiger partial charge in [-0.1, -0.05) is 24.3 Å². The number of carbonyl (C=O) groups is 2. The number of piperidine rings is 1. The van der Waals surface area contributed by atoms with Crippen LogP contribution in [0.3, 0.4) is 0 Å². The molecular weight excluding hydrogens is 438 g/mol. The fourth-order valence-corrected chi connectivity index (χ4v) is 4.86. The normalized spacial score (nSPS) is 16.3. The Morgan fingerprint density at radius 3 is 2.29 bits per heavy atom. The zero-order valence-corrected chi connectivity index (χ0v) is 20.7. The zero-order chi connectivity index (χ0) is 24.5. The van der Waals surface area contributed by atoms with E-state index in [1.807, 2.05) is 66.2 Å². The summed E-state index contributed by atoms with van der Waals surface area (Å²) in [6.07, 6.45) is 7.68. The molecule has 7 nitrogen and oxygen atoms in total. The van der Waals surface area contributed by atoms with Crippen molar-refractivity contribution in [2.24, 2.45) is 13.0 Å². The molecule has 0 unspecified atom stereocenters. The fraction of sp³-hybridized carbons (Fsp3) is 0.393. The van der Waals surface area contributed by atoms with Gasteiger partial charge in [0.15, 0.2) is 0 Å². The number of hydrogen-bond acceptors (Lipinski definition) is 4. The molecule has 1 aromatic heterocycles. The van der Waals surface area contributed by atoms with Crippen molar-refractivity contribution in [1.29, 1.82) is 0 Å². The third-order valence-corrected chi connectivity index (χ3v) is 7.13. The summed E-state index contributed by atoms with van der Waals surface area (Å²) in [5.41, 5.74) is 5.85. The van der Waals surface area contributed by atoms with E-state index in [0.29, 0.717) is 17.2 Å². The van der Waals surface area contributed by atoms with Gasteiger partial charge in [-0.15, -0.1) is 0 Å². The maximum absolute atomic E-state index is 13.3. The highest BCUT2D eigenvalue weighted by molar-refractivity contribution is 6.01. The van der Waals surface area contributed by atoms with Crippen LogP contribution < -0.4 is 10.2 Å². The zero-order valence-electron chi connectivity index (χ0n) is 20.7. The second-order valence-corrected chi connectivity index (χ2v) is 9.98. The van der Waals surface area contributed by atoms with Crippen LogP contribution in [0.5, 0.6) is 0 Å². The first kappa shape index (κ1) is 23.1. The molecule has 2 aliphatic rings. The van der Waals surface area contributed by atoms with Crippen LogP contribution in [0, 0.1) is 5.92 Å². The van der Waals surface area contributed by atoms with E-state index in [2.05, 4.69) is 34.7 Å². The number of aromatic nitrogens is 2. The lowest BCUT2D eigenvalue weighted by Crippen LogP contribution is -2.38. The molecule has 1 N–H and O–H groups in total. The van der Waals surface area contributed by atoms with Gasteiger partial charge in [-0.2, -0.15) is 5.10 Å². The SMILES string of the molecule is CN(C)c1ccc(C(=O)N2CCC(c3ccc(-c4cnn(C)c4)cc3)CC2)cc1NC(=O)C1CC1. The summed E-state index contributed by atoms with van der Waals surface area (Å²) >= 11 is 0. The lowest BCUT2D eigenvalue weighted by atomic mass is 9.88. The molecule has 182 valence electrons. The first-order valence-corrected chi connectivity index (χ1v) is 12.4. The van der Waals surface area contributed by atoms with Gasteiger partial charge in [0.1, 0.15) is 0 Å². The number of rotatable bonds is 6. The number of hydrogen-bond donors (Lipinski definition) is 1. The molecule has 0 bridgehead atoms. The Bertz CT molecular complexity index is 1220. The van der Waals surface area contributed by atoms with E-state index >= 15 is 0 Å². The molecular formula is C28H33N5O2. The van der Waals surface area contributed by atoms with Gasteiger partial charge < -0.3 is 15.1 Å². The van der Waals surface area contributed by atoms with Crippen molar-refractivity contribution in [2.75, 3.05) is 37.4 Å². The van der Waals surface area contributed by atoms with E-state index in [1.54, 1.807) is 0 Å². The maximum Gasteiger partial charge on any atom is 0.253 e. The fourth-order valence-electron chi connectivity index (χ4n) is 4.86. The van der Waals surface area contributed by atoms with Crippen molar-refractivity contribution >= 4 is 23.2 Å². The van der Waals surface area contributed by atoms with E-state index in [-0.39, 0.29) is 17.7 Å². The molecule has 7 heteroatoms. The van der Waals surface area contributed by atoms with E-state index in [9.17, 15) is 9.59 Å². The second-order valence-electron chi connectivity index (χ2n) is 9.98. The molecule has 1 aliphatic carbocycles. The highest BCUT2D eigenvalue weighted by Gasteiger charge is 2.30. The summed E-state index contributed by atoms with van der Waals surface area (Å²) in [4.78, 5) is 29.6. The molecule has 2 fully saturated rings. The molecule has 1 saturated carbocycles. The number of carbonyl (C=O) groups excluding carboxylic acids is 2. The first-order chi connectivity index (χ1) is 16.9. The molecule has 2 amide bonds. The molecule has 2 aromatic carbocycles. The molecule has 1 aliphatic heterocycles. The van der Waals surface area contributed by atoms with Crippen molar-refractivity contribution in [2.45, 2.75) is 31.6 Å². The summed E-state index contributed by atoms with van der Waals surface area (Å²) in [5.74, 6) is 0.643. The molecule has 3 aromatic rings. The highest BCUT2D eigenvalue weighted by Crippen LogP contribution is 2.34. The lowest BCUT2D eigenvalue weighted by molar-refractivity contribution is -0.117. The standard InChI is InChI=1S/C28H33N5O2/c1-31(2)26-11-10-23(16-25(26)30-27(34)22-8-9-22)28(35)33-14-12-21(13-15-33)19-4-6-20(7-5-19)24-17-29-32(3)18-24/h4-7,10-11,16-18,21-22H,8-9,12-15H2,1-3H3,(H,30,34). The van der Waals surface area contributed by atoms with Crippen molar-refractivity contribution in [3.05, 3.63) is 66.0 Å². The van der Waals surface area contributed by atoms with Gasteiger partial charge in [0.2, 0.25) is 5.91 Å². The van der Waals surface area contributed by atoms with E-state index in [0.717, 1.165) is 50.0 Å². The van der Waals surface area contributed by atoms with Crippen LogP contribution in [0.1, 0.15) is 47.5 Å². The largest absolute Gasteiger partial charge is 0.376 e. The minimum atomic E-state index is 0.0302. The quantitative estimate of drug-likeness (QED) is 0.574. The third kappa shape index (κ3) is 5.09. The summed E-state index contributed by atoms with van der Waals surface area (Å²) in [6.45, 7) is 1.46. The van der Waals surface area contributed by atoms with Gasteiger partial charge in [-0.3, -0.25) is 14.3 Å². The smallest absolute Gasteiger partial charge is 0.253 e. The first-order valence-electron chi connectivity index (χ1n) is 12.4. The van der Waals surface area contributed by atoms with Gasteiger partial charge in [0.05, 0.1) is 17.6 Å². The van der Waals surface area contributed by atoms with Crippen LogP contribution in [0.4, 0.5) is 11.4 Å². The molecule has 0 radical (unpaired) electrons. The summed E-state index contributed by atoms with van der Waals surface area (Å²) in [5, 5.41) is 7.30. The summed E-state index contributed by atoms with van der Waals surface area (Å²) in [7, 11) is 5.81. The Labute approximate surface area is 206 Å². The van der Waals surface area contributed by atoms with Gasteiger partial charge >= 0.3 is 0 Å². The number of benzene rings is 2.